The first-order valence-electron chi connectivity index (χ1n) is 7.81. The molecule has 0 saturated heterocycles. The number of aromatic nitrogens is 1. The van der Waals surface area contributed by atoms with Gasteiger partial charge in [-0.2, -0.15) is 0 Å². The van der Waals surface area contributed by atoms with Gasteiger partial charge in [-0.1, -0.05) is 62.4 Å². The van der Waals surface area contributed by atoms with Gasteiger partial charge in [0, 0.05) is 5.39 Å². The smallest absolute Gasteiger partial charge is 0.357 e. The summed E-state index contributed by atoms with van der Waals surface area (Å²) in [6, 6.07) is 19.2. The topological polar surface area (TPSA) is 39.2 Å². The SMILES string of the molecule is CC.Cc1ccc2ccc(C(=O)OCc3ccccc3)nc2c1. The average Bonchev–Trinajstić information content (AvgIpc) is 2.61. The van der Waals surface area contributed by atoms with Crippen molar-refractivity contribution < 1.29 is 9.53 Å². The normalized spacial score (nSPS) is 9.87. The molecule has 0 unspecified atom stereocenters. The lowest BCUT2D eigenvalue weighted by Crippen LogP contribution is -2.07. The first-order valence-corrected chi connectivity index (χ1v) is 7.81. The Balaban J connectivity index is 0.000000924. The number of carbonyl (C=O) groups is 1. The number of carbonyl (C=O) groups excluding carboxylic acids is 1. The molecule has 3 aromatic rings. The van der Waals surface area contributed by atoms with Crippen molar-refractivity contribution >= 4 is 16.9 Å². The molecule has 0 fully saturated rings. The van der Waals surface area contributed by atoms with Gasteiger partial charge in [-0.25, -0.2) is 9.78 Å². The van der Waals surface area contributed by atoms with Crippen molar-refractivity contribution in [3.05, 3.63) is 77.5 Å². The highest BCUT2D eigenvalue weighted by molar-refractivity contribution is 5.91. The second-order valence-corrected chi connectivity index (χ2v) is 4.95. The van der Waals surface area contributed by atoms with Crippen molar-refractivity contribution in [3.63, 3.8) is 0 Å². The maximum Gasteiger partial charge on any atom is 0.357 e. The summed E-state index contributed by atoms with van der Waals surface area (Å²) in [6.45, 7) is 6.26. The molecule has 0 radical (unpaired) electrons. The Bertz CT molecular complexity index is 782. The Morgan fingerprint density at radius 2 is 1.70 bits per heavy atom. The first kappa shape index (κ1) is 16.7. The summed E-state index contributed by atoms with van der Waals surface area (Å²) in [5.74, 6) is -0.401. The second-order valence-electron chi connectivity index (χ2n) is 4.95. The van der Waals surface area contributed by atoms with Crippen molar-refractivity contribution in [1.29, 1.82) is 0 Å². The standard InChI is InChI=1S/C18H15NO2.C2H6/c1-13-7-8-15-9-10-16(19-17(15)11-13)18(20)21-12-14-5-3-2-4-6-14;1-2/h2-11H,12H2,1H3;1-2H3. The summed E-state index contributed by atoms with van der Waals surface area (Å²) < 4.78 is 5.29. The van der Waals surface area contributed by atoms with Gasteiger partial charge < -0.3 is 4.74 Å². The minimum absolute atomic E-state index is 0.257. The van der Waals surface area contributed by atoms with Gasteiger partial charge in [0.2, 0.25) is 0 Å². The monoisotopic (exact) mass is 307 g/mol. The Hall–Kier alpha value is -2.68. The van der Waals surface area contributed by atoms with E-state index >= 15 is 0 Å². The van der Waals surface area contributed by atoms with E-state index in [2.05, 4.69) is 4.98 Å². The Morgan fingerprint density at radius 3 is 2.43 bits per heavy atom. The van der Waals surface area contributed by atoms with Crippen LogP contribution in [0.2, 0.25) is 0 Å². The quantitative estimate of drug-likeness (QED) is 0.644. The van der Waals surface area contributed by atoms with Crippen LogP contribution in [0.5, 0.6) is 0 Å². The predicted octanol–water partition coefficient (Wildman–Crippen LogP) is 4.93. The molecule has 3 rings (SSSR count). The molecule has 3 nitrogen and oxygen atoms in total. The minimum atomic E-state index is -0.401. The lowest BCUT2D eigenvalue weighted by molar-refractivity contribution is 0.0466. The number of pyridine rings is 1. The largest absolute Gasteiger partial charge is 0.456 e. The fourth-order valence-electron chi connectivity index (χ4n) is 2.14. The number of esters is 1. The molecule has 0 aliphatic heterocycles. The van der Waals surface area contributed by atoms with Gasteiger partial charge in [0.15, 0.2) is 0 Å². The highest BCUT2D eigenvalue weighted by Gasteiger charge is 2.10. The number of ether oxygens (including phenoxy) is 1. The Labute approximate surface area is 136 Å². The van der Waals surface area contributed by atoms with Crippen LogP contribution >= 0.6 is 0 Å². The van der Waals surface area contributed by atoms with Crippen molar-refractivity contribution in [2.75, 3.05) is 0 Å². The van der Waals surface area contributed by atoms with E-state index in [4.69, 9.17) is 4.74 Å². The molecule has 0 aliphatic rings. The van der Waals surface area contributed by atoms with E-state index in [1.54, 1.807) is 6.07 Å². The molecular formula is C20H21NO2. The van der Waals surface area contributed by atoms with Crippen LogP contribution < -0.4 is 0 Å². The van der Waals surface area contributed by atoms with Crippen LogP contribution in [0.1, 0.15) is 35.5 Å². The molecule has 0 atom stereocenters. The van der Waals surface area contributed by atoms with Gasteiger partial charge in [0.25, 0.3) is 0 Å². The molecule has 0 spiro atoms. The molecule has 118 valence electrons. The fraction of sp³-hybridized carbons (Fsp3) is 0.200. The van der Waals surface area contributed by atoms with Gasteiger partial charge >= 0.3 is 5.97 Å². The van der Waals surface area contributed by atoms with Gasteiger partial charge in [0.1, 0.15) is 12.3 Å². The molecule has 0 aliphatic carbocycles. The zero-order valence-electron chi connectivity index (χ0n) is 13.7. The van der Waals surface area contributed by atoms with E-state index in [9.17, 15) is 4.79 Å². The lowest BCUT2D eigenvalue weighted by atomic mass is 10.1. The zero-order valence-corrected chi connectivity index (χ0v) is 13.7. The number of nitrogens with zero attached hydrogens (tertiary/aromatic N) is 1. The minimum Gasteiger partial charge on any atom is -0.456 e. The van der Waals surface area contributed by atoms with Crippen LogP contribution in [-0.4, -0.2) is 11.0 Å². The predicted molar refractivity (Wildman–Crippen MR) is 93.4 cm³/mol. The number of fused-ring (bicyclic) bond motifs is 1. The summed E-state index contributed by atoms with van der Waals surface area (Å²) in [5, 5.41) is 1.01. The van der Waals surface area contributed by atoms with Crippen LogP contribution in [0, 0.1) is 6.92 Å². The number of hydrogen-bond donors (Lipinski definition) is 0. The summed E-state index contributed by atoms with van der Waals surface area (Å²) in [7, 11) is 0. The highest BCUT2D eigenvalue weighted by atomic mass is 16.5. The van der Waals surface area contributed by atoms with Gasteiger partial charge in [-0.15, -0.1) is 0 Å². The molecule has 1 heterocycles. The third kappa shape index (κ3) is 4.39. The highest BCUT2D eigenvalue weighted by Crippen LogP contribution is 2.15. The first-order chi connectivity index (χ1) is 11.2. The maximum absolute atomic E-state index is 12.1. The summed E-state index contributed by atoms with van der Waals surface area (Å²) in [5.41, 5.74) is 3.22. The van der Waals surface area contributed by atoms with Crippen LogP contribution in [0.3, 0.4) is 0 Å². The van der Waals surface area contributed by atoms with E-state index in [0.717, 1.165) is 22.0 Å². The van der Waals surface area contributed by atoms with Gasteiger partial charge in [0.05, 0.1) is 5.52 Å². The molecule has 2 aromatic carbocycles. The third-order valence-electron chi connectivity index (χ3n) is 3.27. The molecule has 23 heavy (non-hydrogen) atoms. The Kier molecular flexibility index (Phi) is 5.87. The summed E-state index contributed by atoms with van der Waals surface area (Å²) in [4.78, 5) is 16.4. The van der Waals surface area contributed by atoms with Crippen LogP contribution in [-0.2, 0) is 11.3 Å². The number of aryl methyl sites for hydroxylation is 1. The zero-order chi connectivity index (χ0) is 16.7. The molecule has 0 N–H and O–H groups in total. The summed E-state index contributed by atoms with van der Waals surface area (Å²) >= 11 is 0. The molecule has 0 saturated carbocycles. The van der Waals surface area contributed by atoms with Crippen molar-refractivity contribution in [3.8, 4) is 0 Å². The Morgan fingerprint density at radius 1 is 1.00 bits per heavy atom. The van der Waals surface area contributed by atoms with E-state index in [1.807, 2.05) is 75.4 Å². The van der Waals surface area contributed by atoms with E-state index in [1.165, 1.54) is 0 Å². The van der Waals surface area contributed by atoms with Crippen molar-refractivity contribution in [2.45, 2.75) is 27.4 Å². The molecule has 1 aromatic heterocycles. The molecule has 3 heteroatoms. The number of rotatable bonds is 3. The average molecular weight is 307 g/mol. The molecule has 0 bridgehead atoms. The van der Waals surface area contributed by atoms with Crippen LogP contribution in [0.15, 0.2) is 60.7 Å². The lowest BCUT2D eigenvalue weighted by Gasteiger charge is -2.05. The third-order valence-corrected chi connectivity index (χ3v) is 3.27. The van der Waals surface area contributed by atoms with Crippen molar-refractivity contribution in [2.24, 2.45) is 0 Å². The fourth-order valence-corrected chi connectivity index (χ4v) is 2.14. The number of benzene rings is 2. The number of hydrogen-bond acceptors (Lipinski definition) is 3. The van der Waals surface area contributed by atoms with Crippen molar-refractivity contribution in [1.82, 2.24) is 4.98 Å². The maximum atomic E-state index is 12.1. The van der Waals surface area contributed by atoms with Crippen LogP contribution in [0.25, 0.3) is 10.9 Å². The molecule has 0 amide bonds. The summed E-state index contributed by atoms with van der Waals surface area (Å²) in [6.07, 6.45) is 0. The molecular weight excluding hydrogens is 286 g/mol. The van der Waals surface area contributed by atoms with E-state index < -0.39 is 5.97 Å². The second kappa shape index (κ2) is 8.08. The van der Waals surface area contributed by atoms with Gasteiger partial charge in [-0.05, 0) is 30.2 Å². The van der Waals surface area contributed by atoms with Gasteiger partial charge in [-0.3, -0.25) is 0 Å². The van der Waals surface area contributed by atoms with E-state index in [-0.39, 0.29) is 6.61 Å². The van der Waals surface area contributed by atoms with E-state index in [0.29, 0.717) is 5.69 Å². The van der Waals surface area contributed by atoms with Crippen LogP contribution in [0.4, 0.5) is 0 Å².